The SMILES string of the molecule is O=Cc1c(Cl)cccc1OCC1Cc2ccccc21. The fourth-order valence-corrected chi connectivity index (χ4v) is 2.67. The van der Waals surface area contributed by atoms with E-state index in [9.17, 15) is 4.79 Å². The van der Waals surface area contributed by atoms with Gasteiger partial charge in [-0.15, -0.1) is 0 Å². The first-order chi connectivity index (χ1) is 9.29. The van der Waals surface area contributed by atoms with Crippen LogP contribution in [0.5, 0.6) is 5.75 Å². The average Bonchev–Trinajstić information content (AvgIpc) is 2.40. The van der Waals surface area contributed by atoms with E-state index < -0.39 is 0 Å². The minimum absolute atomic E-state index is 0.412. The van der Waals surface area contributed by atoms with Crippen LogP contribution in [-0.2, 0) is 6.42 Å². The van der Waals surface area contributed by atoms with Gasteiger partial charge >= 0.3 is 0 Å². The molecule has 3 rings (SSSR count). The zero-order valence-electron chi connectivity index (χ0n) is 10.3. The van der Waals surface area contributed by atoms with E-state index >= 15 is 0 Å². The van der Waals surface area contributed by atoms with Gasteiger partial charge in [-0.3, -0.25) is 4.79 Å². The molecular formula is C16H13ClO2. The number of carbonyl (C=O) groups excluding carboxylic acids is 1. The highest BCUT2D eigenvalue weighted by molar-refractivity contribution is 6.33. The van der Waals surface area contributed by atoms with E-state index in [0.29, 0.717) is 28.9 Å². The van der Waals surface area contributed by atoms with Crippen LogP contribution < -0.4 is 4.74 Å². The van der Waals surface area contributed by atoms with Crippen LogP contribution in [0.3, 0.4) is 0 Å². The van der Waals surface area contributed by atoms with Gasteiger partial charge < -0.3 is 4.74 Å². The summed E-state index contributed by atoms with van der Waals surface area (Å²) < 4.78 is 5.75. The zero-order chi connectivity index (χ0) is 13.2. The first kappa shape index (κ1) is 12.2. The quantitative estimate of drug-likeness (QED) is 0.790. The van der Waals surface area contributed by atoms with Gasteiger partial charge in [0.1, 0.15) is 5.75 Å². The molecule has 1 unspecified atom stereocenters. The number of benzene rings is 2. The van der Waals surface area contributed by atoms with Crippen LogP contribution in [0.25, 0.3) is 0 Å². The maximum atomic E-state index is 11.0. The lowest BCUT2D eigenvalue weighted by atomic mass is 9.78. The average molecular weight is 273 g/mol. The minimum Gasteiger partial charge on any atom is -0.492 e. The summed E-state index contributed by atoms with van der Waals surface area (Å²) in [6.45, 7) is 0.582. The molecule has 1 aliphatic rings. The Labute approximate surface area is 117 Å². The molecule has 2 aromatic rings. The molecule has 2 nitrogen and oxygen atoms in total. The molecular weight excluding hydrogens is 260 g/mol. The summed E-state index contributed by atoms with van der Waals surface area (Å²) in [4.78, 5) is 11.0. The maximum absolute atomic E-state index is 11.0. The van der Waals surface area contributed by atoms with Gasteiger partial charge in [-0.25, -0.2) is 0 Å². The minimum atomic E-state index is 0.412. The molecule has 1 aliphatic carbocycles. The monoisotopic (exact) mass is 272 g/mol. The Bertz CT molecular complexity index is 622. The molecule has 19 heavy (non-hydrogen) atoms. The van der Waals surface area contributed by atoms with Gasteiger partial charge in [0.05, 0.1) is 17.2 Å². The van der Waals surface area contributed by atoms with Gasteiger partial charge in [-0.1, -0.05) is 41.9 Å². The molecule has 96 valence electrons. The van der Waals surface area contributed by atoms with Gasteiger partial charge in [0.25, 0.3) is 0 Å². The molecule has 0 fully saturated rings. The van der Waals surface area contributed by atoms with Crippen LogP contribution in [0.1, 0.15) is 27.4 Å². The molecule has 0 saturated heterocycles. The molecule has 0 radical (unpaired) electrons. The van der Waals surface area contributed by atoms with Crippen LogP contribution >= 0.6 is 11.6 Å². The number of ether oxygens (including phenoxy) is 1. The highest BCUT2D eigenvalue weighted by Crippen LogP contribution is 2.35. The third-order valence-electron chi connectivity index (χ3n) is 3.53. The smallest absolute Gasteiger partial charge is 0.155 e. The molecule has 0 heterocycles. The standard InChI is InChI=1S/C16H13ClO2/c17-15-6-3-7-16(14(15)9-18)19-10-12-8-11-4-1-2-5-13(11)12/h1-7,9,12H,8,10H2. The number of aldehydes is 1. The molecule has 0 N–H and O–H groups in total. The third kappa shape index (κ3) is 2.24. The summed E-state index contributed by atoms with van der Waals surface area (Å²) in [6, 6.07) is 13.6. The number of hydrogen-bond acceptors (Lipinski definition) is 2. The summed E-state index contributed by atoms with van der Waals surface area (Å²) in [5.74, 6) is 0.974. The summed E-state index contributed by atoms with van der Waals surface area (Å²) in [5.41, 5.74) is 3.16. The summed E-state index contributed by atoms with van der Waals surface area (Å²) in [6.07, 6.45) is 1.78. The molecule has 0 bridgehead atoms. The van der Waals surface area contributed by atoms with Crippen LogP contribution in [0, 0.1) is 0 Å². The Morgan fingerprint density at radius 3 is 2.84 bits per heavy atom. The number of hydrogen-bond donors (Lipinski definition) is 0. The highest BCUT2D eigenvalue weighted by Gasteiger charge is 2.26. The van der Waals surface area contributed by atoms with Gasteiger partial charge in [0.15, 0.2) is 6.29 Å². The molecule has 3 heteroatoms. The van der Waals surface area contributed by atoms with Crippen molar-refractivity contribution in [2.24, 2.45) is 0 Å². The molecule has 0 aromatic heterocycles. The molecule has 0 aliphatic heterocycles. The molecule has 0 saturated carbocycles. The summed E-state index contributed by atoms with van der Waals surface area (Å²) >= 11 is 5.96. The van der Waals surface area contributed by atoms with Crippen molar-refractivity contribution in [3.63, 3.8) is 0 Å². The lowest BCUT2D eigenvalue weighted by molar-refractivity contribution is 0.111. The molecule has 0 amide bonds. The van der Waals surface area contributed by atoms with E-state index in [0.717, 1.165) is 12.7 Å². The third-order valence-corrected chi connectivity index (χ3v) is 3.86. The van der Waals surface area contributed by atoms with E-state index in [1.807, 2.05) is 6.07 Å². The lowest BCUT2D eigenvalue weighted by Gasteiger charge is -2.30. The maximum Gasteiger partial charge on any atom is 0.155 e. The van der Waals surface area contributed by atoms with Crippen LogP contribution in [0.15, 0.2) is 42.5 Å². The van der Waals surface area contributed by atoms with Crippen molar-refractivity contribution in [2.75, 3.05) is 6.61 Å². The number of rotatable bonds is 4. The Balaban J connectivity index is 1.72. The first-order valence-electron chi connectivity index (χ1n) is 6.24. The Morgan fingerprint density at radius 2 is 2.05 bits per heavy atom. The fourth-order valence-electron chi connectivity index (χ4n) is 2.46. The van der Waals surface area contributed by atoms with E-state index in [1.165, 1.54) is 11.1 Å². The number of carbonyl (C=O) groups is 1. The summed E-state index contributed by atoms with van der Waals surface area (Å²) in [5, 5.41) is 0.432. The molecule has 0 spiro atoms. The van der Waals surface area contributed by atoms with E-state index in [4.69, 9.17) is 16.3 Å². The Kier molecular flexibility index (Phi) is 3.26. The van der Waals surface area contributed by atoms with Crippen molar-refractivity contribution in [1.82, 2.24) is 0 Å². The highest BCUT2D eigenvalue weighted by atomic mass is 35.5. The zero-order valence-corrected chi connectivity index (χ0v) is 11.1. The second-order valence-corrected chi connectivity index (χ2v) is 5.09. The van der Waals surface area contributed by atoms with E-state index in [1.54, 1.807) is 18.2 Å². The van der Waals surface area contributed by atoms with Gasteiger partial charge in [-0.05, 0) is 29.7 Å². The predicted octanol–water partition coefficient (Wildman–Crippen LogP) is 3.87. The van der Waals surface area contributed by atoms with Gasteiger partial charge in [0, 0.05) is 5.92 Å². The van der Waals surface area contributed by atoms with E-state index in [-0.39, 0.29) is 0 Å². The predicted molar refractivity (Wildman–Crippen MR) is 75.2 cm³/mol. The number of fused-ring (bicyclic) bond motifs is 1. The van der Waals surface area contributed by atoms with Crippen molar-refractivity contribution in [3.8, 4) is 5.75 Å². The van der Waals surface area contributed by atoms with Crippen LogP contribution in [-0.4, -0.2) is 12.9 Å². The fraction of sp³-hybridized carbons (Fsp3) is 0.188. The number of halogens is 1. The second-order valence-electron chi connectivity index (χ2n) is 4.68. The van der Waals surface area contributed by atoms with E-state index in [2.05, 4.69) is 18.2 Å². The Morgan fingerprint density at radius 1 is 1.21 bits per heavy atom. The topological polar surface area (TPSA) is 26.3 Å². The molecule has 1 atom stereocenters. The molecule has 2 aromatic carbocycles. The van der Waals surface area contributed by atoms with Gasteiger partial charge in [0.2, 0.25) is 0 Å². The second kappa shape index (κ2) is 5.06. The largest absolute Gasteiger partial charge is 0.492 e. The van der Waals surface area contributed by atoms with Crippen LogP contribution in [0.2, 0.25) is 5.02 Å². The Hall–Kier alpha value is -1.80. The van der Waals surface area contributed by atoms with Gasteiger partial charge in [-0.2, -0.15) is 0 Å². The normalized spacial score (nSPS) is 16.4. The lowest BCUT2D eigenvalue weighted by Crippen LogP contribution is -2.23. The first-order valence-corrected chi connectivity index (χ1v) is 6.61. The van der Waals surface area contributed by atoms with Crippen molar-refractivity contribution in [3.05, 3.63) is 64.2 Å². The summed E-state index contributed by atoms with van der Waals surface area (Å²) in [7, 11) is 0. The van der Waals surface area contributed by atoms with Crippen molar-refractivity contribution in [1.29, 1.82) is 0 Å². The van der Waals surface area contributed by atoms with Crippen molar-refractivity contribution in [2.45, 2.75) is 12.3 Å². The van der Waals surface area contributed by atoms with Crippen molar-refractivity contribution >= 4 is 17.9 Å². The van der Waals surface area contributed by atoms with Crippen molar-refractivity contribution < 1.29 is 9.53 Å². The van der Waals surface area contributed by atoms with Crippen LogP contribution in [0.4, 0.5) is 0 Å².